The fraction of sp³-hybridized carbons (Fsp3) is 0.333. The second-order valence-electron chi connectivity index (χ2n) is 10.5. The maximum Gasteiger partial charge on any atom is 0.335 e. The molecule has 1 aliphatic rings. The van der Waals surface area contributed by atoms with E-state index in [2.05, 4.69) is 39.8 Å². The Morgan fingerprint density at radius 2 is 1.51 bits per heavy atom. The summed E-state index contributed by atoms with van der Waals surface area (Å²) in [7, 11) is 0. The number of benzene rings is 3. The standard InChI is InChI=1S/C30H31ClO4/c1-6-35-26-17-24-23(29(2,3)13-14-30(24,4)5)16-22(26)19-9-7-8-10-20(19)27(32)21-12-11-18(28(33)34)15-25(21)31/h7-12,15-17H,6,13-14H2,1-5H3,(H,33,34). The zero-order valence-electron chi connectivity index (χ0n) is 20.9. The summed E-state index contributed by atoms with van der Waals surface area (Å²) >= 11 is 6.35. The molecular weight excluding hydrogens is 460 g/mol. The highest BCUT2D eigenvalue weighted by molar-refractivity contribution is 6.35. The summed E-state index contributed by atoms with van der Waals surface area (Å²) in [6, 6.07) is 16.0. The molecule has 0 atom stereocenters. The highest BCUT2D eigenvalue weighted by Gasteiger charge is 2.38. The van der Waals surface area contributed by atoms with E-state index < -0.39 is 5.97 Å². The first-order valence-corrected chi connectivity index (χ1v) is 12.3. The predicted molar refractivity (Wildman–Crippen MR) is 140 cm³/mol. The number of rotatable bonds is 6. The van der Waals surface area contributed by atoms with Gasteiger partial charge < -0.3 is 9.84 Å². The number of hydrogen-bond acceptors (Lipinski definition) is 3. The molecular formula is C30H31ClO4. The number of carboxylic acid groups (broad SMARTS) is 1. The summed E-state index contributed by atoms with van der Waals surface area (Å²) in [5.41, 5.74) is 5.03. The molecule has 0 saturated carbocycles. The van der Waals surface area contributed by atoms with Crippen LogP contribution in [0.5, 0.6) is 5.75 Å². The van der Waals surface area contributed by atoms with Gasteiger partial charge in [-0.15, -0.1) is 0 Å². The van der Waals surface area contributed by atoms with Crippen molar-refractivity contribution in [1.29, 1.82) is 0 Å². The number of carbonyl (C=O) groups is 2. The van der Waals surface area contributed by atoms with Crippen molar-refractivity contribution in [3.05, 3.63) is 87.4 Å². The number of ketones is 1. The van der Waals surface area contributed by atoms with Gasteiger partial charge in [-0.2, -0.15) is 0 Å². The Morgan fingerprint density at radius 1 is 0.886 bits per heavy atom. The van der Waals surface area contributed by atoms with Crippen LogP contribution in [0.15, 0.2) is 54.6 Å². The molecule has 0 radical (unpaired) electrons. The maximum atomic E-state index is 13.7. The topological polar surface area (TPSA) is 63.6 Å². The molecule has 0 fully saturated rings. The van der Waals surface area contributed by atoms with Gasteiger partial charge in [0.15, 0.2) is 5.78 Å². The minimum Gasteiger partial charge on any atom is -0.493 e. The molecule has 182 valence electrons. The van der Waals surface area contributed by atoms with Crippen LogP contribution >= 0.6 is 11.6 Å². The minimum atomic E-state index is -1.09. The highest BCUT2D eigenvalue weighted by Crippen LogP contribution is 2.49. The molecule has 1 N–H and O–H groups in total. The molecule has 0 aliphatic heterocycles. The Labute approximate surface area is 211 Å². The van der Waals surface area contributed by atoms with E-state index >= 15 is 0 Å². The predicted octanol–water partition coefficient (Wildman–Crippen LogP) is 7.68. The Kier molecular flexibility index (Phi) is 6.54. The minimum absolute atomic E-state index is 0.000722. The third-order valence-electron chi connectivity index (χ3n) is 7.18. The second kappa shape index (κ2) is 9.16. The summed E-state index contributed by atoms with van der Waals surface area (Å²) in [6.07, 6.45) is 2.17. The fourth-order valence-electron chi connectivity index (χ4n) is 4.97. The van der Waals surface area contributed by atoms with E-state index in [0.29, 0.717) is 12.2 Å². The molecule has 3 aromatic rings. The van der Waals surface area contributed by atoms with Crippen molar-refractivity contribution in [3.8, 4) is 16.9 Å². The summed E-state index contributed by atoms with van der Waals surface area (Å²) in [5, 5.41) is 9.36. The number of fused-ring (bicyclic) bond motifs is 1. The van der Waals surface area contributed by atoms with Gasteiger partial charge in [0, 0.05) is 16.7 Å². The van der Waals surface area contributed by atoms with Crippen molar-refractivity contribution in [1.82, 2.24) is 0 Å². The number of carbonyl (C=O) groups excluding carboxylic acids is 1. The molecule has 0 unspecified atom stereocenters. The van der Waals surface area contributed by atoms with Gasteiger partial charge in [0.25, 0.3) is 0 Å². The first-order chi connectivity index (χ1) is 16.5. The van der Waals surface area contributed by atoms with Gasteiger partial charge in [0.2, 0.25) is 0 Å². The average molecular weight is 491 g/mol. The van der Waals surface area contributed by atoms with E-state index in [1.54, 1.807) is 6.07 Å². The third kappa shape index (κ3) is 4.60. The van der Waals surface area contributed by atoms with Gasteiger partial charge in [-0.3, -0.25) is 4.79 Å². The Bertz CT molecular complexity index is 1320. The van der Waals surface area contributed by atoms with Gasteiger partial charge in [-0.25, -0.2) is 4.79 Å². The molecule has 0 heterocycles. The first kappa shape index (κ1) is 25.0. The monoisotopic (exact) mass is 490 g/mol. The quantitative estimate of drug-likeness (QED) is 0.360. The van der Waals surface area contributed by atoms with Gasteiger partial charge in [-0.05, 0) is 77.6 Å². The van der Waals surface area contributed by atoms with E-state index in [4.69, 9.17) is 16.3 Å². The van der Waals surface area contributed by atoms with Crippen LogP contribution in [0.1, 0.15) is 84.9 Å². The first-order valence-electron chi connectivity index (χ1n) is 11.9. The largest absolute Gasteiger partial charge is 0.493 e. The zero-order valence-corrected chi connectivity index (χ0v) is 21.6. The fourth-order valence-corrected chi connectivity index (χ4v) is 5.24. The van der Waals surface area contributed by atoms with Crippen molar-refractivity contribution in [2.45, 2.75) is 58.3 Å². The molecule has 1 aliphatic carbocycles. The lowest BCUT2D eigenvalue weighted by Gasteiger charge is -2.42. The van der Waals surface area contributed by atoms with Gasteiger partial charge in [-0.1, -0.05) is 63.6 Å². The number of carboxylic acids is 1. The van der Waals surface area contributed by atoms with Gasteiger partial charge in [0.05, 0.1) is 17.2 Å². The SMILES string of the molecule is CCOc1cc2c(cc1-c1ccccc1C(=O)c1ccc(C(=O)O)cc1Cl)C(C)(C)CCC2(C)C. The van der Waals surface area contributed by atoms with Gasteiger partial charge in [0.1, 0.15) is 5.75 Å². The molecule has 4 nitrogen and oxygen atoms in total. The van der Waals surface area contributed by atoms with Crippen LogP contribution in [0.2, 0.25) is 5.02 Å². The molecule has 0 amide bonds. The zero-order chi connectivity index (χ0) is 25.5. The van der Waals surface area contributed by atoms with Crippen molar-refractivity contribution < 1.29 is 19.4 Å². The summed E-state index contributed by atoms with van der Waals surface area (Å²) in [4.78, 5) is 25.0. The molecule has 5 heteroatoms. The Balaban J connectivity index is 1.91. The Hall–Kier alpha value is -3.11. The van der Waals surface area contributed by atoms with Crippen LogP contribution in [0.25, 0.3) is 11.1 Å². The van der Waals surface area contributed by atoms with Crippen molar-refractivity contribution in [2.75, 3.05) is 6.61 Å². The molecule has 0 saturated heterocycles. The van der Waals surface area contributed by atoms with E-state index in [1.165, 1.54) is 29.3 Å². The van der Waals surface area contributed by atoms with Gasteiger partial charge >= 0.3 is 5.97 Å². The molecule has 0 bridgehead atoms. The molecule has 0 aromatic heterocycles. The van der Waals surface area contributed by atoms with Crippen molar-refractivity contribution in [3.63, 3.8) is 0 Å². The van der Waals surface area contributed by atoms with Crippen LogP contribution in [-0.2, 0) is 10.8 Å². The lowest BCUT2D eigenvalue weighted by molar-refractivity contribution is 0.0696. The van der Waals surface area contributed by atoms with Crippen molar-refractivity contribution in [2.24, 2.45) is 0 Å². The third-order valence-corrected chi connectivity index (χ3v) is 7.49. The molecule has 3 aromatic carbocycles. The number of aromatic carboxylic acids is 1. The summed E-state index contributed by atoms with van der Waals surface area (Å²) < 4.78 is 6.12. The molecule has 35 heavy (non-hydrogen) atoms. The number of halogens is 1. The number of ether oxygens (including phenoxy) is 1. The highest BCUT2D eigenvalue weighted by atomic mass is 35.5. The number of hydrogen-bond donors (Lipinski definition) is 1. The molecule has 0 spiro atoms. The van der Waals surface area contributed by atoms with E-state index in [9.17, 15) is 14.7 Å². The van der Waals surface area contributed by atoms with E-state index in [-0.39, 0.29) is 32.8 Å². The van der Waals surface area contributed by atoms with Crippen LogP contribution < -0.4 is 4.74 Å². The summed E-state index contributed by atoms with van der Waals surface area (Å²) in [5.74, 6) is -0.598. The van der Waals surface area contributed by atoms with E-state index in [1.807, 2.05) is 25.1 Å². The van der Waals surface area contributed by atoms with Crippen LogP contribution in [0, 0.1) is 0 Å². The van der Waals surface area contributed by atoms with Crippen molar-refractivity contribution >= 4 is 23.4 Å². The lowest BCUT2D eigenvalue weighted by Crippen LogP contribution is -2.34. The van der Waals surface area contributed by atoms with Crippen LogP contribution in [0.4, 0.5) is 0 Å². The lowest BCUT2D eigenvalue weighted by atomic mass is 9.62. The summed E-state index contributed by atoms with van der Waals surface area (Å²) in [6.45, 7) is 11.6. The smallest absolute Gasteiger partial charge is 0.335 e. The maximum absolute atomic E-state index is 13.7. The van der Waals surface area contributed by atoms with Crippen LogP contribution in [0.3, 0.4) is 0 Å². The second-order valence-corrected chi connectivity index (χ2v) is 10.9. The average Bonchev–Trinajstić information content (AvgIpc) is 2.81. The Morgan fingerprint density at radius 3 is 2.11 bits per heavy atom. The molecule has 4 rings (SSSR count). The van der Waals surface area contributed by atoms with E-state index in [0.717, 1.165) is 29.7 Å². The normalized spacial score (nSPS) is 15.8. The van der Waals surface area contributed by atoms with Crippen LogP contribution in [-0.4, -0.2) is 23.5 Å².